The molecule has 3 amide bonds. The van der Waals surface area contributed by atoms with Crippen molar-refractivity contribution in [3.8, 4) is 0 Å². The summed E-state index contributed by atoms with van der Waals surface area (Å²) >= 11 is 0. The Morgan fingerprint density at radius 2 is 1.62 bits per heavy atom. The number of nitrogens with zero attached hydrogens (tertiary/aromatic N) is 1. The number of nitrogens with one attached hydrogen (secondary N) is 3. The van der Waals surface area contributed by atoms with E-state index in [0.717, 1.165) is 19.6 Å². The average Bonchev–Trinajstić information content (AvgIpc) is 2.55. The first kappa shape index (κ1) is 20.2. The van der Waals surface area contributed by atoms with Crippen LogP contribution in [0.15, 0.2) is 24.3 Å². The first-order valence-corrected chi connectivity index (χ1v) is 9.17. The summed E-state index contributed by atoms with van der Waals surface area (Å²) in [4.78, 5) is 26.0. The van der Waals surface area contributed by atoms with Crippen molar-refractivity contribution in [1.82, 2.24) is 10.2 Å². The second kappa shape index (κ2) is 9.54. The molecule has 2 atom stereocenters. The molecule has 0 spiro atoms. The largest absolute Gasteiger partial charge is 0.373 e. The molecule has 0 radical (unpaired) electrons. The van der Waals surface area contributed by atoms with Crippen molar-refractivity contribution in [2.24, 2.45) is 5.92 Å². The second-order valence-corrected chi connectivity index (χ2v) is 7.12. The molecule has 1 aromatic carbocycles. The zero-order valence-corrected chi connectivity index (χ0v) is 16.0. The molecule has 144 valence electrons. The van der Waals surface area contributed by atoms with Crippen LogP contribution in [0.4, 0.5) is 16.2 Å². The molecule has 2 unspecified atom stereocenters. The molecule has 1 aliphatic heterocycles. The highest BCUT2D eigenvalue weighted by Crippen LogP contribution is 2.14. The normalized spacial score (nSPS) is 20.7. The molecule has 1 heterocycles. The van der Waals surface area contributed by atoms with E-state index in [4.69, 9.17) is 4.74 Å². The lowest BCUT2D eigenvalue weighted by Gasteiger charge is -2.35. The average molecular weight is 362 g/mol. The Morgan fingerprint density at radius 1 is 1.08 bits per heavy atom. The van der Waals surface area contributed by atoms with Crippen molar-refractivity contribution < 1.29 is 14.3 Å². The minimum atomic E-state index is -0.238. The molecule has 0 saturated carbocycles. The molecule has 7 heteroatoms. The van der Waals surface area contributed by atoms with E-state index in [2.05, 4.69) is 34.7 Å². The van der Waals surface area contributed by atoms with Gasteiger partial charge in [0.25, 0.3) is 0 Å². The molecule has 0 bridgehead atoms. The maximum atomic E-state index is 12.0. The van der Waals surface area contributed by atoms with Crippen LogP contribution >= 0.6 is 0 Å². The Hall–Kier alpha value is -2.12. The summed E-state index contributed by atoms with van der Waals surface area (Å²) in [5.41, 5.74) is 1.39. The summed E-state index contributed by atoms with van der Waals surface area (Å²) in [7, 11) is 0. The molecule has 3 N–H and O–H groups in total. The van der Waals surface area contributed by atoms with Crippen molar-refractivity contribution in [2.75, 3.05) is 36.8 Å². The van der Waals surface area contributed by atoms with Gasteiger partial charge in [0.15, 0.2) is 0 Å². The lowest BCUT2D eigenvalue weighted by Crippen LogP contribution is -2.48. The maximum Gasteiger partial charge on any atom is 0.319 e. The van der Waals surface area contributed by atoms with Gasteiger partial charge in [-0.05, 0) is 38.1 Å². The SMILES string of the molecule is CC1CN(CCNC(=O)Nc2ccc(NC(=O)C(C)C)cc2)CC(C)O1. The Balaban J connectivity index is 1.71. The molecule has 7 nitrogen and oxygen atoms in total. The monoisotopic (exact) mass is 362 g/mol. The quantitative estimate of drug-likeness (QED) is 0.726. The van der Waals surface area contributed by atoms with Gasteiger partial charge in [-0.1, -0.05) is 13.8 Å². The third kappa shape index (κ3) is 6.65. The van der Waals surface area contributed by atoms with Gasteiger partial charge in [0, 0.05) is 43.5 Å². The smallest absolute Gasteiger partial charge is 0.319 e. The van der Waals surface area contributed by atoms with Crippen LogP contribution in [0.5, 0.6) is 0 Å². The molecule has 2 rings (SSSR count). The molecule has 0 aromatic heterocycles. The van der Waals surface area contributed by atoms with Crippen molar-refractivity contribution in [1.29, 1.82) is 0 Å². The van der Waals surface area contributed by atoms with Crippen LogP contribution in [0.25, 0.3) is 0 Å². The van der Waals surface area contributed by atoms with Gasteiger partial charge < -0.3 is 20.7 Å². The number of urea groups is 1. The number of hydrogen-bond donors (Lipinski definition) is 3. The number of carbonyl (C=O) groups excluding carboxylic acids is 2. The predicted molar refractivity (Wildman–Crippen MR) is 103 cm³/mol. The fourth-order valence-electron chi connectivity index (χ4n) is 2.89. The van der Waals surface area contributed by atoms with Crippen LogP contribution in [0, 0.1) is 5.92 Å². The molecule has 26 heavy (non-hydrogen) atoms. The fraction of sp³-hybridized carbons (Fsp3) is 0.579. The van der Waals surface area contributed by atoms with Crippen LogP contribution < -0.4 is 16.0 Å². The molecule has 1 fully saturated rings. The predicted octanol–water partition coefficient (Wildman–Crippen LogP) is 2.51. The number of morpholine rings is 1. The molecule has 0 aliphatic carbocycles. The number of amides is 3. The summed E-state index contributed by atoms with van der Waals surface area (Å²) in [6.07, 6.45) is 0.449. The van der Waals surface area contributed by atoms with Crippen LogP contribution in [-0.2, 0) is 9.53 Å². The fourth-order valence-corrected chi connectivity index (χ4v) is 2.89. The van der Waals surface area contributed by atoms with Crippen molar-refractivity contribution in [3.05, 3.63) is 24.3 Å². The topological polar surface area (TPSA) is 82.7 Å². The van der Waals surface area contributed by atoms with Gasteiger partial charge in [0.1, 0.15) is 0 Å². The third-order valence-corrected chi connectivity index (χ3v) is 4.14. The maximum absolute atomic E-state index is 12.0. The third-order valence-electron chi connectivity index (χ3n) is 4.14. The van der Waals surface area contributed by atoms with Gasteiger partial charge >= 0.3 is 6.03 Å². The number of benzene rings is 1. The minimum Gasteiger partial charge on any atom is -0.373 e. The van der Waals surface area contributed by atoms with E-state index in [0.29, 0.717) is 17.9 Å². The molecule has 1 aliphatic rings. The van der Waals surface area contributed by atoms with Crippen molar-refractivity contribution in [3.63, 3.8) is 0 Å². The van der Waals surface area contributed by atoms with E-state index in [1.165, 1.54) is 0 Å². The summed E-state index contributed by atoms with van der Waals surface area (Å²) in [5, 5.41) is 8.48. The number of carbonyl (C=O) groups is 2. The number of rotatable bonds is 6. The zero-order valence-electron chi connectivity index (χ0n) is 16.0. The highest BCUT2D eigenvalue weighted by Gasteiger charge is 2.21. The summed E-state index contributed by atoms with van der Waals surface area (Å²) < 4.78 is 5.70. The minimum absolute atomic E-state index is 0.0322. The Kier molecular flexibility index (Phi) is 7.41. The van der Waals surface area contributed by atoms with Crippen LogP contribution in [0.2, 0.25) is 0 Å². The molecular weight excluding hydrogens is 332 g/mol. The van der Waals surface area contributed by atoms with Gasteiger partial charge in [0.05, 0.1) is 12.2 Å². The van der Waals surface area contributed by atoms with Gasteiger partial charge in [-0.2, -0.15) is 0 Å². The van der Waals surface area contributed by atoms with E-state index >= 15 is 0 Å². The van der Waals surface area contributed by atoms with E-state index < -0.39 is 0 Å². The van der Waals surface area contributed by atoms with Crippen LogP contribution in [-0.4, -0.2) is 55.2 Å². The van der Waals surface area contributed by atoms with Gasteiger partial charge in [-0.15, -0.1) is 0 Å². The number of anilines is 2. The van der Waals surface area contributed by atoms with E-state index in [1.54, 1.807) is 24.3 Å². The first-order valence-electron chi connectivity index (χ1n) is 9.17. The van der Waals surface area contributed by atoms with E-state index in [9.17, 15) is 9.59 Å². The molecule has 1 aromatic rings. The van der Waals surface area contributed by atoms with Crippen molar-refractivity contribution >= 4 is 23.3 Å². The second-order valence-electron chi connectivity index (χ2n) is 7.12. The van der Waals surface area contributed by atoms with Gasteiger partial charge in [-0.25, -0.2) is 4.79 Å². The molecular formula is C19H30N4O3. The highest BCUT2D eigenvalue weighted by molar-refractivity contribution is 5.93. The standard InChI is InChI=1S/C19H30N4O3/c1-13(2)18(24)21-16-5-7-17(8-6-16)22-19(25)20-9-10-23-11-14(3)26-15(4)12-23/h5-8,13-15H,9-12H2,1-4H3,(H,21,24)(H2,20,22,25). The zero-order chi connectivity index (χ0) is 19.1. The number of ether oxygens (including phenoxy) is 1. The molecule has 1 saturated heterocycles. The van der Waals surface area contributed by atoms with E-state index in [1.807, 2.05) is 13.8 Å². The van der Waals surface area contributed by atoms with Crippen LogP contribution in [0.1, 0.15) is 27.7 Å². The number of hydrogen-bond acceptors (Lipinski definition) is 4. The lowest BCUT2D eigenvalue weighted by molar-refractivity contribution is -0.118. The van der Waals surface area contributed by atoms with Gasteiger partial charge in [-0.3, -0.25) is 9.69 Å². The summed E-state index contributed by atoms with van der Waals surface area (Å²) in [5.74, 6) is -0.105. The first-order chi connectivity index (χ1) is 12.3. The lowest BCUT2D eigenvalue weighted by atomic mass is 10.2. The summed E-state index contributed by atoms with van der Waals surface area (Å²) in [6.45, 7) is 11.0. The Morgan fingerprint density at radius 3 is 2.15 bits per heavy atom. The Bertz CT molecular complexity index is 593. The van der Waals surface area contributed by atoms with E-state index in [-0.39, 0.29) is 30.1 Å². The highest BCUT2D eigenvalue weighted by atomic mass is 16.5. The van der Waals surface area contributed by atoms with Crippen molar-refractivity contribution in [2.45, 2.75) is 39.9 Å². The Labute approximate surface area is 155 Å². The van der Waals surface area contributed by atoms with Crippen LogP contribution in [0.3, 0.4) is 0 Å². The van der Waals surface area contributed by atoms with Gasteiger partial charge in [0.2, 0.25) is 5.91 Å². The summed E-state index contributed by atoms with van der Waals surface area (Å²) in [6, 6.07) is 6.83.